The molecule has 1 aromatic carbocycles. The summed E-state index contributed by atoms with van der Waals surface area (Å²) in [6.45, 7) is 13.2. The van der Waals surface area contributed by atoms with Crippen LogP contribution in [0.1, 0.15) is 65.0 Å². The van der Waals surface area contributed by atoms with E-state index in [1.54, 1.807) is 0 Å². The van der Waals surface area contributed by atoms with Crippen molar-refractivity contribution in [1.82, 2.24) is 0 Å². The molecule has 0 fully saturated rings. The molecule has 0 amide bonds. The average molecular weight is 306 g/mol. The van der Waals surface area contributed by atoms with Crippen molar-refractivity contribution in [3.8, 4) is 0 Å². The Balaban J connectivity index is 3.20. The highest BCUT2D eigenvalue weighted by molar-refractivity contribution is 7.99. The Morgan fingerprint density at radius 3 is 2.05 bits per heavy atom. The first kappa shape index (κ1) is 18.3. The number of thioether (sulfide) groups is 1. The summed E-state index contributed by atoms with van der Waals surface area (Å²) in [5.74, 6) is 0.378. The molecule has 1 N–H and O–H groups in total. The molecule has 0 bridgehead atoms. The van der Waals surface area contributed by atoms with Crippen LogP contribution in [0.5, 0.6) is 0 Å². The van der Waals surface area contributed by atoms with Gasteiger partial charge in [0.1, 0.15) is 0 Å². The molecule has 1 rings (SSSR count). The fourth-order valence-corrected chi connectivity index (χ4v) is 2.94. The van der Waals surface area contributed by atoms with Gasteiger partial charge in [0.05, 0.1) is 0 Å². The Hall–Kier alpha value is -0.760. The van der Waals surface area contributed by atoms with Crippen molar-refractivity contribution in [2.75, 3.05) is 6.26 Å². The van der Waals surface area contributed by atoms with Crippen molar-refractivity contribution in [2.24, 2.45) is 5.41 Å². The number of benzene rings is 1. The van der Waals surface area contributed by atoms with Gasteiger partial charge in [0, 0.05) is 15.9 Å². The molecule has 0 aromatic heterocycles. The summed E-state index contributed by atoms with van der Waals surface area (Å²) in [7, 11) is 0. The number of nitrogens with one attached hydrogen (secondary N) is 1. The summed E-state index contributed by atoms with van der Waals surface area (Å²) in [4.78, 5) is 0. The zero-order valence-corrected chi connectivity index (χ0v) is 15.5. The van der Waals surface area contributed by atoms with Crippen LogP contribution in [0.15, 0.2) is 24.3 Å². The van der Waals surface area contributed by atoms with Gasteiger partial charge in [0.2, 0.25) is 0 Å². The van der Waals surface area contributed by atoms with Crippen LogP contribution in [-0.4, -0.2) is 16.7 Å². The van der Waals surface area contributed by atoms with Crippen LogP contribution in [0.3, 0.4) is 0 Å². The largest absolute Gasteiger partial charge is 0.309 e. The highest BCUT2D eigenvalue weighted by atomic mass is 32.2. The predicted molar refractivity (Wildman–Crippen MR) is 98.0 cm³/mol. The second kappa shape index (κ2) is 7.00. The molecule has 0 saturated carbocycles. The summed E-state index contributed by atoms with van der Waals surface area (Å²) in [6, 6.07) is 9.02. The van der Waals surface area contributed by atoms with Crippen LogP contribution in [-0.2, 0) is 6.42 Å². The molecule has 0 aliphatic rings. The average Bonchev–Trinajstić information content (AvgIpc) is 2.44. The molecule has 1 nitrogen and oxygen atoms in total. The van der Waals surface area contributed by atoms with Gasteiger partial charge in [-0.25, -0.2) is 0 Å². The van der Waals surface area contributed by atoms with Gasteiger partial charge in [-0.15, -0.1) is 0 Å². The van der Waals surface area contributed by atoms with Gasteiger partial charge in [0.15, 0.2) is 0 Å². The van der Waals surface area contributed by atoms with E-state index in [1.807, 2.05) is 18.7 Å². The fourth-order valence-electron chi connectivity index (χ4n) is 2.61. The minimum absolute atomic E-state index is 0.110. The molecular weight excluding hydrogens is 274 g/mol. The molecule has 0 spiro atoms. The second-order valence-electron chi connectivity index (χ2n) is 7.16. The highest BCUT2D eigenvalue weighted by Crippen LogP contribution is 2.44. The minimum atomic E-state index is -0.110. The lowest BCUT2D eigenvalue weighted by Crippen LogP contribution is -2.33. The van der Waals surface area contributed by atoms with Gasteiger partial charge in [-0.3, -0.25) is 0 Å². The maximum absolute atomic E-state index is 8.21. The van der Waals surface area contributed by atoms with Gasteiger partial charge in [-0.1, -0.05) is 58.9 Å². The maximum Gasteiger partial charge on any atom is 0.0120 e. The van der Waals surface area contributed by atoms with Crippen molar-refractivity contribution in [3.63, 3.8) is 0 Å². The van der Waals surface area contributed by atoms with Gasteiger partial charge in [-0.05, 0) is 43.1 Å². The molecule has 2 heteroatoms. The summed E-state index contributed by atoms with van der Waals surface area (Å²) < 4.78 is 0.223. The van der Waals surface area contributed by atoms with Gasteiger partial charge >= 0.3 is 0 Å². The summed E-state index contributed by atoms with van der Waals surface area (Å²) in [6.07, 6.45) is 4.35. The fraction of sp³-hybridized carbons (Fsp3) is 0.632. The Kier molecular flexibility index (Phi) is 6.10. The zero-order chi connectivity index (χ0) is 16.3. The lowest BCUT2D eigenvalue weighted by Gasteiger charge is -2.39. The smallest absolute Gasteiger partial charge is 0.0120 e. The van der Waals surface area contributed by atoms with Gasteiger partial charge in [-0.2, -0.15) is 11.8 Å². The van der Waals surface area contributed by atoms with E-state index in [4.69, 9.17) is 5.41 Å². The third-order valence-electron chi connectivity index (χ3n) is 4.88. The number of hydrogen-bond acceptors (Lipinski definition) is 2. The van der Waals surface area contributed by atoms with Crippen LogP contribution in [0.4, 0.5) is 0 Å². The van der Waals surface area contributed by atoms with E-state index in [2.05, 4.69) is 65.1 Å². The van der Waals surface area contributed by atoms with Crippen LogP contribution >= 0.6 is 11.8 Å². The molecule has 0 radical (unpaired) electrons. The van der Waals surface area contributed by atoms with Crippen LogP contribution in [0.2, 0.25) is 0 Å². The normalized spacial score (nSPS) is 14.0. The summed E-state index contributed by atoms with van der Waals surface area (Å²) >= 11 is 1.92. The van der Waals surface area contributed by atoms with Crippen molar-refractivity contribution in [1.29, 1.82) is 5.41 Å². The Labute approximate surface area is 135 Å². The van der Waals surface area contributed by atoms with E-state index in [-0.39, 0.29) is 10.2 Å². The number of rotatable bonds is 7. The molecule has 0 heterocycles. The van der Waals surface area contributed by atoms with Crippen LogP contribution in [0, 0.1) is 10.8 Å². The SMILES string of the molecule is CCc1ccc(C(CC(C)(C)SC)C(C)(C)C(C)=N)cc1. The van der Waals surface area contributed by atoms with Gasteiger partial charge in [0.25, 0.3) is 0 Å². The topological polar surface area (TPSA) is 23.9 Å². The standard InChI is InChI=1S/C19H31NS/c1-8-15-9-11-16(12-10-15)17(13-18(3,4)21-7)19(5,6)14(2)20/h9-12,17,20H,8,13H2,1-7H3. The molecule has 0 aliphatic carbocycles. The Bertz CT molecular complexity index is 471. The molecule has 1 atom stereocenters. The van der Waals surface area contributed by atoms with E-state index >= 15 is 0 Å². The molecular formula is C19H31NS. The van der Waals surface area contributed by atoms with Crippen molar-refractivity contribution in [3.05, 3.63) is 35.4 Å². The highest BCUT2D eigenvalue weighted by Gasteiger charge is 2.36. The number of hydrogen-bond donors (Lipinski definition) is 1. The lowest BCUT2D eigenvalue weighted by atomic mass is 9.68. The van der Waals surface area contributed by atoms with E-state index < -0.39 is 0 Å². The van der Waals surface area contributed by atoms with Crippen molar-refractivity contribution < 1.29 is 0 Å². The van der Waals surface area contributed by atoms with E-state index in [9.17, 15) is 0 Å². The predicted octanol–water partition coefficient (Wildman–Crippen LogP) is 5.93. The molecule has 1 aromatic rings. The molecule has 0 saturated heterocycles. The molecule has 0 aliphatic heterocycles. The first-order valence-electron chi connectivity index (χ1n) is 7.83. The van der Waals surface area contributed by atoms with E-state index in [0.717, 1.165) is 18.6 Å². The Morgan fingerprint density at radius 1 is 1.14 bits per heavy atom. The third-order valence-corrected chi connectivity index (χ3v) is 6.15. The first-order valence-corrected chi connectivity index (χ1v) is 9.06. The van der Waals surface area contributed by atoms with Crippen LogP contribution < -0.4 is 0 Å². The third kappa shape index (κ3) is 4.60. The first-order chi connectivity index (χ1) is 9.64. The van der Waals surface area contributed by atoms with Crippen LogP contribution in [0.25, 0.3) is 0 Å². The molecule has 1 unspecified atom stereocenters. The quantitative estimate of drug-likeness (QED) is 0.620. The number of aryl methyl sites for hydroxylation is 1. The van der Waals surface area contributed by atoms with Crippen molar-refractivity contribution in [2.45, 2.75) is 65.0 Å². The lowest BCUT2D eigenvalue weighted by molar-refractivity contribution is 0.356. The minimum Gasteiger partial charge on any atom is -0.309 e. The summed E-state index contributed by atoms with van der Waals surface area (Å²) in [5, 5.41) is 8.21. The van der Waals surface area contributed by atoms with E-state index in [0.29, 0.717) is 5.92 Å². The molecule has 118 valence electrons. The summed E-state index contributed by atoms with van der Waals surface area (Å²) in [5.41, 5.74) is 3.40. The molecule has 21 heavy (non-hydrogen) atoms. The second-order valence-corrected chi connectivity index (χ2v) is 8.68. The maximum atomic E-state index is 8.21. The Morgan fingerprint density at radius 2 is 1.67 bits per heavy atom. The van der Waals surface area contributed by atoms with E-state index in [1.165, 1.54) is 11.1 Å². The van der Waals surface area contributed by atoms with Gasteiger partial charge < -0.3 is 5.41 Å². The zero-order valence-electron chi connectivity index (χ0n) is 14.7. The monoisotopic (exact) mass is 305 g/mol. The van der Waals surface area contributed by atoms with Crippen molar-refractivity contribution >= 4 is 17.5 Å².